The van der Waals surface area contributed by atoms with E-state index in [0.717, 1.165) is 25.0 Å². The molecule has 0 radical (unpaired) electrons. The fraction of sp³-hybridized carbons (Fsp3) is 1.00. The van der Waals surface area contributed by atoms with E-state index in [4.69, 9.17) is 0 Å². The standard InChI is InChI=1S/C7H15N3/c1-10-3-2-6-4-8-9-5-7(6)10/h6-9H,2-5H2,1H3. The third-order valence-electron chi connectivity index (χ3n) is 2.76. The molecule has 0 amide bonds. The van der Waals surface area contributed by atoms with Gasteiger partial charge < -0.3 is 4.90 Å². The van der Waals surface area contributed by atoms with Gasteiger partial charge in [-0.3, -0.25) is 10.9 Å². The molecule has 2 rings (SSSR count). The van der Waals surface area contributed by atoms with Gasteiger partial charge in [0.25, 0.3) is 0 Å². The van der Waals surface area contributed by atoms with Gasteiger partial charge in [0.05, 0.1) is 0 Å². The fourth-order valence-electron chi connectivity index (χ4n) is 2.03. The molecule has 2 N–H and O–H groups in total. The van der Waals surface area contributed by atoms with Crippen LogP contribution in [0.25, 0.3) is 0 Å². The fourth-order valence-corrected chi connectivity index (χ4v) is 2.03. The zero-order chi connectivity index (χ0) is 6.97. The van der Waals surface area contributed by atoms with Crippen LogP contribution in [-0.4, -0.2) is 37.6 Å². The number of rotatable bonds is 0. The average Bonchev–Trinajstić information content (AvgIpc) is 2.34. The molecule has 0 spiro atoms. The Balaban J connectivity index is 2.01. The Morgan fingerprint density at radius 3 is 2.90 bits per heavy atom. The Labute approximate surface area is 61.7 Å². The molecular weight excluding hydrogens is 126 g/mol. The van der Waals surface area contributed by atoms with E-state index >= 15 is 0 Å². The molecule has 58 valence electrons. The lowest BCUT2D eigenvalue weighted by atomic mass is 9.99. The van der Waals surface area contributed by atoms with Crippen LogP contribution in [0.4, 0.5) is 0 Å². The van der Waals surface area contributed by atoms with Crippen LogP contribution in [-0.2, 0) is 0 Å². The highest BCUT2D eigenvalue weighted by molar-refractivity contribution is 4.89. The number of nitrogens with one attached hydrogen (secondary N) is 2. The van der Waals surface area contributed by atoms with E-state index in [0.29, 0.717) is 0 Å². The first-order chi connectivity index (χ1) is 4.88. The molecule has 0 saturated carbocycles. The highest BCUT2D eigenvalue weighted by Crippen LogP contribution is 2.22. The van der Waals surface area contributed by atoms with E-state index in [1.54, 1.807) is 0 Å². The van der Waals surface area contributed by atoms with Crippen LogP contribution in [0.15, 0.2) is 0 Å². The van der Waals surface area contributed by atoms with Gasteiger partial charge in [0.2, 0.25) is 0 Å². The van der Waals surface area contributed by atoms with Crippen molar-refractivity contribution < 1.29 is 0 Å². The van der Waals surface area contributed by atoms with Crippen molar-refractivity contribution >= 4 is 0 Å². The maximum absolute atomic E-state index is 3.20. The first-order valence-electron chi connectivity index (χ1n) is 4.04. The van der Waals surface area contributed by atoms with Gasteiger partial charge in [-0.25, -0.2) is 0 Å². The average molecular weight is 141 g/mol. The van der Waals surface area contributed by atoms with Crippen molar-refractivity contribution in [2.75, 3.05) is 26.7 Å². The number of nitrogens with zero attached hydrogens (tertiary/aromatic N) is 1. The lowest BCUT2D eigenvalue weighted by Gasteiger charge is -2.30. The van der Waals surface area contributed by atoms with Crippen LogP contribution in [0.5, 0.6) is 0 Å². The molecule has 0 aliphatic carbocycles. The van der Waals surface area contributed by atoms with Gasteiger partial charge in [0.1, 0.15) is 0 Å². The predicted molar refractivity (Wildman–Crippen MR) is 40.5 cm³/mol. The quantitative estimate of drug-likeness (QED) is 0.472. The van der Waals surface area contributed by atoms with Crippen molar-refractivity contribution in [3.05, 3.63) is 0 Å². The molecule has 2 heterocycles. The van der Waals surface area contributed by atoms with Gasteiger partial charge >= 0.3 is 0 Å². The van der Waals surface area contributed by atoms with Crippen molar-refractivity contribution in [3.63, 3.8) is 0 Å². The van der Waals surface area contributed by atoms with Gasteiger partial charge in [-0.2, -0.15) is 0 Å². The van der Waals surface area contributed by atoms with Gasteiger partial charge in [-0.15, -0.1) is 0 Å². The van der Waals surface area contributed by atoms with E-state index in [-0.39, 0.29) is 0 Å². The highest BCUT2D eigenvalue weighted by atomic mass is 15.4. The molecule has 3 nitrogen and oxygen atoms in total. The SMILES string of the molecule is CN1CCC2CNNCC21. The smallest absolute Gasteiger partial charge is 0.0272 e. The summed E-state index contributed by atoms with van der Waals surface area (Å²) in [4.78, 5) is 2.46. The molecule has 0 aromatic carbocycles. The highest BCUT2D eigenvalue weighted by Gasteiger charge is 2.33. The van der Waals surface area contributed by atoms with E-state index in [1.807, 2.05) is 0 Å². The summed E-state index contributed by atoms with van der Waals surface area (Å²) in [5, 5.41) is 0. The van der Waals surface area contributed by atoms with Crippen LogP contribution >= 0.6 is 0 Å². The molecular formula is C7H15N3. The van der Waals surface area contributed by atoms with E-state index in [2.05, 4.69) is 22.8 Å². The Morgan fingerprint density at radius 2 is 2.10 bits per heavy atom. The maximum Gasteiger partial charge on any atom is 0.0272 e. The van der Waals surface area contributed by atoms with Crippen molar-refractivity contribution in [2.24, 2.45) is 5.92 Å². The topological polar surface area (TPSA) is 27.3 Å². The molecule has 2 saturated heterocycles. The van der Waals surface area contributed by atoms with Crippen LogP contribution in [0.3, 0.4) is 0 Å². The monoisotopic (exact) mass is 141 g/mol. The van der Waals surface area contributed by atoms with Crippen LogP contribution in [0.2, 0.25) is 0 Å². The number of fused-ring (bicyclic) bond motifs is 1. The number of hydrogen-bond donors (Lipinski definition) is 2. The van der Waals surface area contributed by atoms with E-state index in [9.17, 15) is 0 Å². The maximum atomic E-state index is 3.20. The normalized spacial score (nSPS) is 41.7. The molecule has 0 aromatic rings. The summed E-state index contributed by atoms with van der Waals surface area (Å²) in [7, 11) is 2.22. The van der Waals surface area contributed by atoms with Crippen LogP contribution in [0.1, 0.15) is 6.42 Å². The summed E-state index contributed by atoms with van der Waals surface area (Å²) >= 11 is 0. The lowest BCUT2D eigenvalue weighted by molar-refractivity contribution is 0.212. The van der Waals surface area contributed by atoms with Crippen LogP contribution < -0.4 is 10.9 Å². The minimum Gasteiger partial charge on any atom is -0.302 e. The second-order valence-electron chi connectivity index (χ2n) is 3.36. The van der Waals surface area contributed by atoms with Gasteiger partial charge in [-0.1, -0.05) is 0 Å². The molecule has 2 unspecified atom stereocenters. The third kappa shape index (κ3) is 0.944. The largest absolute Gasteiger partial charge is 0.302 e. The first-order valence-corrected chi connectivity index (χ1v) is 4.04. The Kier molecular flexibility index (Phi) is 1.64. The zero-order valence-electron chi connectivity index (χ0n) is 6.43. The predicted octanol–water partition coefficient (Wildman–Crippen LogP) is -0.585. The van der Waals surface area contributed by atoms with Crippen molar-refractivity contribution in [2.45, 2.75) is 12.5 Å². The summed E-state index contributed by atoms with van der Waals surface area (Å²) in [5.74, 6) is 0.895. The molecule has 0 aromatic heterocycles. The molecule has 0 bridgehead atoms. The van der Waals surface area contributed by atoms with Gasteiger partial charge in [0.15, 0.2) is 0 Å². The van der Waals surface area contributed by atoms with Gasteiger partial charge in [-0.05, 0) is 25.9 Å². The third-order valence-corrected chi connectivity index (χ3v) is 2.76. The molecule has 2 aliphatic heterocycles. The number of hydrogen-bond acceptors (Lipinski definition) is 3. The van der Waals surface area contributed by atoms with Gasteiger partial charge in [0, 0.05) is 19.1 Å². The van der Waals surface area contributed by atoms with Crippen molar-refractivity contribution in [1.29, 1.82) is 0 Å². The summed E-state index contributed by atoms with van der Waals surface area (Å²) in [5.41, 5.74) is 6.39. The van der Waals surface area contributed by atoms with Crippen molar-refractivity contribution in [1.82, 2.24) is 15.8 Å². The number of likely N-dealkylation sites (N-methyl/N-ethyl adjacent to an activating group) is 1. The van der Waals surface area contributed by atoms with E-state index in [1.165, 1.54) is 13.0 Å². The zero-order valence-corrected chi connectivity index (χ0v) is 6.43. The molecule has 3 heteroatoms. The lowest BCUT2D eigenvalue weighted by Crippen LogP contribution is -2.53. The minimum absolute atomic E-state index is 0.793. The molecule has 2 atom stereocenters. The Morgan fingerprint density at radius 1 is 1.30 bits per heavy atom. The number of hydrazine groups is 1. The second-order valence-corrected chi connectivity index (χ2v) is 3.36. The summed E-state index contributed by atoms with van der Waals surface area (Å²) in [6.07, 6.45) is 1.37. The summed E-state index contributed by atoms with van der Waals surface area (Å²) < 4.78 is 0. The Bertz CT molecular complexity index is 124. The number of likely N-dealkylation sites (tertiary alicyclic amines) is 1. The van der Waals surface area contributed by atoms with Crippen LogP contribution in [0, 0.1) is 5.92 Å². The molecule has 10 heavy (non-hydrogen) atoms. The molecule has 2 aliphatic rings. The second kappa shape index (κ2) is 2.49. The van der Waals surface area contributed by atoms with E-state index < -0.39 is 0 Å². The van der Waals surface area contributed by atoms with Crippen molar-refractivity contribution in [3.8, 4) is 0 Å². The minimum atomic E-state index is 0.793. The molecule has 2 fully saturated rings. The Hall–Kier alpha value is -0.120. The summed E-state index contributed by atoms with van der Waals surface area (Å²) in [6.45, 7) is 3.54. The first kappa shape index (κ1) is 6.58. The summed E-state index contributed by atoms with van der Waals surface area (Å²) in [6, 6.07) is 0.793.